The predicted molar refractivity (Wildman–Crippen MR) is 60.5 cm³/mol. The zero-order chi connectivity index (χ0) is 13.6. The minimum atomic E-state index is -1.37. The molecule has 0 atom stereocenters. The van der Waals surface area contributed by atoms with Gasteiger partial charge in [0.25, 0.3) is 0 Å². The molecule has 0 heterocycles. The molecule has 0 saturated heterocycles. The van der Waals surface area contributed by atoms with Crippen LogP contribution in [0.15, 0.2) is 11.1 Å². The Balaban J connectivity index is 5.04. The largest absolute Gasteiger partial charge is 0.478 e. The lowest BCUT2D eigenvalue weighted by atomic mass is 10.1. The highest BCUT2D eigenvalue weighted by Crippen LogP contribution is 2.11. The molecule has 0 aromatic heterocycles. The Morgan fingerprint density at radius 2 is 1.47 bits per heavy atom. The van der Waals surface area contributed by atoms with Gasteiger partial charge in [0, 0.05) is 18.7 Å². The van der Waals surface area contributed by atoms with Crippen molar-refractivity contribution in [1.82, 2.24) is 4.90 Å². The highest BCUT2D eigenvalue weighted by Gasteiger charge is 2.21. The SMILES string of the molecule is CCN(CC)C(=O)C/C(C(=O)O)=C(/C)C(=O)O. The maximum atomic E-state index is 11.7. The van der Waals surface area contributed by atoms with Gasteiger partial charge >= 0.3 is 11.9 Å². The van der Waals surface area contributed by atoms with Gasteiger partial charge in [0.05, 0.1) is 12.0 Å². The lowest BCUT2D eigenvalue weighted by Gasteiger charge is -2.18. The second kappa shape index (κ2) is 6.67. The summed E-state index contributed by atoms with van der Waals surface area (Å²) >= 11 is 0. The van der Waals surface area contributed by atoms with Crippen molar-refractivity contribution in [2.75, 3.05) is 13.1 Å². The van der Waals surface area contributed by atoms with E-state index in [1.807, 2.05) is 0 Å². The van der Waals surface area contributed by atoms with E-state index in [0.29, 0.717) is 13.1 Å². The molecular formula is C11H17NO5. The first-order valence-electron chi connectivity index (χ1n) is 5.29. The van der Waals surface area contributed by atoms with Crippen LogP contribution < -0.4 is 0 Å². The number of amides is 1. The number of carbonyl (C=O) groups excluding carboxylic acids is 1. The van der Waals surface area contributed by atoms with Gasteiger partial charge in [-0.3, -0.25) is 4.79 Å². The molecule has 96 valence electrons. The van der Waals surface area contributed by atoms with Crippen molar-refractivity contribution in [3.05, 3.63) is 11.1 Å². The Morgan fingerprint density at radius 3 is 1.76 bits per heavy atom. The summed E-state index contributed by atoms with van der Waals surface area (Å²) < 4.78 is 0. The molecule has 6 heteroatoms. The fourth-order valence-electron chi connectivity index (χ4n) is 1.34. The summed E-state index contributed by atoms with van der Waals surface area (Å²) in [7, 11) is 0. The molecule has 17 heavy (non-hydrogen) atoms. The zero-order valence-corrected chi connectivity index (χ0v) is 10.2. The number of hydrogen-bond acceptors (Lipinski definition) is 3. The van der Waals surface area contributed by atoms with Crippen LogP contribution in [0.3, 0.4) is 0 Å². The van der Waals surface area contributed by atoms with Gasteiger partial charge < -0.3 is 15.1 Å². The molecule has 0 aliphatic rings. The van der Waals surface area contributed by atoms with Crippen LogP contribution in [0.5, 0.6) is 0 Å². The molecule has 0 unspecified atom stereocenters. The van der Waals surface area contributed by atoms with Gasteiger partial charge in [-0.1, -0.05) is 0 Å². The molecule has 0 spiro atoms. The van der Waals surface area contributed by atoms with Crippen LogP contribution in [0.2, 0.25) is 0 Å². The standard InChI is InChI=1S/C11H17NO5/c1-4-12(5-2)9(13)6-8(11(16)17)7(3)10(14)15/h4-6H2,1-3H3,(H,14,15)(H,16,17)/b8-7+. The first-order chi connectivity index (χ1) is 7.84. The predicted octanol–water partition coefficient (Wildman–Crippen LogP) is 0.731. The van der Waals surface area contributed by atoms with Gasteiger partial charge in [0.2, 0.25) is 5.91 Å². The van der Waals surface area contributed by atoms with Crippen LogP contribution in [-0.4, -0.2) is 46.0 Å². The maximum absolute atomic E-state index is 11.7. The smallest absolute Gasteiger partial charge is 0.332 e. The average Bonchev–Trinajstić information content (AvgIpc) is 2.26. The van der Waals surface area contributed by atoms with Gasteiger partial charge in [-0.05, 0) is 20.8 Å². The third-order valence-electron chi connectivity index (χ3n) is 2.48. The minimum Gasteiger partial charge on any atom is -0.478 e. The van der Waals surface area contributed by atoms with Gasteiger partial charge in [-0.2, -0.15) is 0 Å². The highest BCUT2D eigenvalue weighted by molar-refractivity contribution is 6.01. The normalized spacial score (nSPS) is 11.7. The van der Waals surface area contributed by atoms with Crippen LogP contribution in [0.25, 0.3) is 0 Å². The molecule has 2 N–H and O–H groups in total. The van der Waals surface area contributed by atoms with Gasteiger partial charge in [-0.15, -0.1) is 0 Å². The summed E-state index contributed by atoms with van der Waals surface area (Å²) in [4.78, 5) is 34.7. The molecule has 0 aliphatic carbocycles. The zero-order valence-electron chi connectivity index (χ0n) is 10.2. The Kier molecular flexibility index (Phi) is 5.95. The van der Waals surface area contributed by atoms with Crippen LogP contribution in [0, 0.1) is 0 Å². The Labute approximate surface area is 99.5 Å². The average molecular weight is 243 g/mol. The Hall–Kier alpha value is -1.85. The van der Waals surface area contributed by atoms with Crippen molar-refractivity contribution in [1.29, 1.82) is 0 Å². The summed E-state index contributed by atoms with van der Waals surface area (Å²) in [5, 5.41) is 17.6. The molecule has 0 aromatic rings. The van der Waals surface area contributed by atoms with E-state index in [2.05, 4.69) is 0 Å². The molecule has 0 saturated carbocycles. The fourth-order valence-corrected chi connectivity index (χ4v) is 1.34. The van der Waals surface area contributed by atoms with Crippen LogP contribution in [0.1, 0.15) is 27.2 Å². The third kappa shape index (κ3) is 4.26. The molecule has 0 fully saturated rings. The summed E-state index contributed by atoms with van der Waals surface area (Å²) in [6, 6.07) is 0. The molecule has 0 rings (SSSR count). The number of aliphatic carboxylic acids is 2. The minimum absolute atomic E-state index is 0.307. The maximum Gasteiger partial charge on any atom is 0.332 e. The number of hydrogen-bond donors (Lipinski definition) is 2. The van der Waals surface area contributed by atoms with E-state index in [-0.39, 0.29) is 17.1 Å². The number of rotatable bonds is 6. The first kappa shape index (κ1) is 15.2. The second-order valence-corrected chi connectivity index (χ2v) is 3.46. The van der Waals surface area contributed by atoms with Gasteiger partial charge in [-0.25, -0.2) is 9.59 Å². The van der Waals surface area contributed by atoms with Crippen molar-refractivity contribution < 1.29 is 24.6 Å². The van der Waals surface area contributed by atoms with E-state index >= 15 is 0 Å². The van der Waals surface area contributed by atoms with Crippen molar-refractivity contribution >= 4 is 17.8 Å². The van der Waals surface area contributed by atoms with Crippen molar-refractivity contribution in [3.8, 4) is 0 Å². The monoisotopic (exact) mass is 243 g/mol. The van der Waals surface area contributed by atoms with Crippen molar-refractivity contribution in [3.63, 3.8) is 0 Å². The lowest BCUT2D eigenvalue weighted by molar-refractivity contribution is -0.137. The highest BCUT2D eigenvalue weighted by atomic mass is 16.4. The molecule has 0 bridgehead atoms. The number of carbonyl (C=O) groups is 3. The van der Waals surface area contributed by atoms with E-state index in [9.17, 15) is 14.4 Å². The second-order valence-electron chi connectivity index (χ2n) is 3.46. The van der Waals surface area contributed by atoms with Crippen LogP contribution in [-0.2, 0) is 14.4 Å². The summed E-state index contributed by atoms with van der Waals surface area (Å²) in [5.74, 6) is -3.08. The van der Waals surface area contributed by atoms with E-state index < -0.39 is 18.4 Å². The lowest BCUT2D eigenvalue weighted by Crippen LogP contribution is -2.31. The summed E-state index contributed by atoms with van der Waals surface area (Å²) in [6.07, 6.45) is -0.394. The molecule has 0 aromatic carbocycles. The summed E-state index contributed by atoms with van der Waals surface area (Å²) in [5.41, 5.74) is -0.674. The Bertz CT molecular complexity index is 355. The Morgan fingerprint density at radius 1 is 1.00 bits per heavy atom. The number of carboxylic acid groups (broad SMARTS) is 2. The molecule has 0 aliphatic heterocycles. The molecule has 0 radical (unpaired) electrons. The first-order valence-corrected chi connectivity index (χ1v) is 5.29. The van der Waals surface area contributed by atoms with E-state index in [4.69, 9.17) is 10.2 Å². The number of carboxylic acids is 2. The molecular weight excluding hydrogens is 226 g/mol. The van der Waals surface area contributed by atoms with E-state index in [0.717, 1.165) is 0 Å². The van der Waals surface area contributed by atoms with E-state index in [1.54, 1.807) is 13.8 Å². The third-order valence-corrected chi connectivity index (χ3v) is 2.48. The fraction of sp³-hybridized carbons (Fsp3) is 0.545. The molecule has 1 amide bonds. The van der Waals surface area contributed by atoms with Crippen molar-refractivity contribution in [2.45, 2.75) is 27.2 Å². The van der Waals surface area contributed by atoms with Crippen LogP contribution >= 0.6 is 0 Å². The quantitative estimate of drug-likeness (QED) is 0.670. The topological polar surface area (TPSA) is 94.9 Å². The van der Waals surface area contributed by atoms with Crippen molar-refractivity contribution in [2.24, 2.45) is 0 Å². The van der Waals surface area contributed by atoms with Gasteiger partial charge in [0.1, 0.15) is 0 Å². The van der Waals surface area contributed by atoms with E-state index in [1.165, 1.54) is 11.8 Å². The summed E-state index contributed by atoms with van der Waals surface area (Å²) in [6.45, 7) is 5.66. The molecule has 6 nitrogen and oxygen atoms in total. The number of nitrogens with zero attached hydrogens (tertiary/aromatic N) is 1. The van der Waals surface area contributed by atoms with Gasteiger partial charge in [0.15, 0.2) is 0 Å². The van der Waals surface area contributed by atoms with Crippen LogP contribution in [0.4, 0.5) is 0 Å².